The Morgan fingerprint density at radius 3 is 1.33 bits per heavy atom. The molecule has 0 aliphatic rings. The summed E-state index contributed by atoms with van der Waals surface area (Å²) in [4.78, 5) is 0. The predicted octanol–water partition coefficient (Wildman–Crippen LogP) is 1.72. The predicted molar refractivity (Wildman–Crippen MR) is 60.9 cm³/mol. The van der Waals surface area contributed by atoms with Crippen LogP contribution in [0.1, 0.15) is 25.7 Å². The van der Waals surface area contributed by atoms with Crippen molar-refractivity contribution < 1.29 is 15.3 Å². The van der Waals surface area contributed by atoms with Gasteiger partial charge in [-0.05, 0) is 24.7 Å². The summed E-state index contributed by atoms with van der Waals surface area (Å²) in [5.74, 6) is -2.66. The van der Waals surface area contributed by atoms with Gasteiger partial charge in [0.1, 0.15) is 0 Å². The van der Waals surface area contributed by atoms with E-state index in [4.69, 9.17) is 15.3 Å². The van der Waals surface area contributed by atoms with E-state index in [1.165, 1.54) is 0 Å². The molecule has 0 aromatic heterocycles. The molecule has 0 amide bonds. The maximum atomic E-state index is 9.04. The quantitative estimate of drug-likeness (QED) is 0.424. The SMILES string of the molecule is C=CCC(CC=C)(CC=C)CC(O)(O)O. The third kappa shape index (κ3) is 5.52. The molecule has 0 spiro atoms. The molecule has 0 heterocycles. The summed E-state index contributed by atoms with van der Waals surface area (Å²) in [5.41, 5.74) is -0.469. The molecule has 15 heavy (non-hydrogen) atoms. The van der Waals surface area contributed by atoms with Gasteiger partial charge in [-0.1, -0.05) is 18.2 Å². The third-order valence-corrected chi connectivity index (χ3v) is 2.34. The van der Waals surface area contributed by atoms with Crippen LogP contribution in [0.2, 0.25) is 0 Å². The zero-order chi connectivity index (χ0) is 11.9. The maximum Gasteiger partial charge on any atom is 0.275 e. The van der Waals surface area contributed by atoms with Crippen LogP contribution in [0.5, 0.6) is 0 Å². The minimum absolute atomic E-state index is 0.149. The Labute approximate surface area is 91.1 Å². The van der Waals surface area contributed by atoms with Gasteiger partial charge in [-0.15, -0.1) is 19.7 Å². The highest BCUT2D eigenvalue weighted by Crippen LogP contribution is 2.38. The number of hydrogen-bond acceptors (Lipinski definition) is 3. The molecule has 0 aliphatic heterocycles. The topological polar surface area (TPSA) is 60.7 Å². The van der Waals surface area contributed by atoms with Crippen molar-refractivity contribution in [3.05, 3.63) is 38.0 Å². The molecule has 0 unspecified atom stereocenters. The molecule has 0 aliphatic carbocycles. The average Bonchev–Trinajstić information content (AvgIpc) is 2.01. The smallest absolute Gasteiger partial charge is 0.275 e. The lowest BCUT2D eigenvalue weighted by atomic mass is 9.74. The monoisotopic (exact) mass is 212 g/mol. The fourth-order valence-corrected chi connectivity index (χ4v) is 1.89. The lowest BCUT2D eigenvalue weighted by Crippen LogP contribution is -2.36. The van der Waals surface area contributed by atoms with Crippen LogP contribution in [0.15, 0.2) is 38.0 Å². The fraction of sp³-hybridized carbons (Fsp3) is 0.500. The van der Waals surface area contributed by atoms with Gasteiger partial charge in [-0.25, -0.2) is 0 Å². The lowest BCUT2D eigenvalue weighted by molar-refractivity contribution is -0.326. The highest BCUT2D eigenvalue weighted by atomic mass is 16.7. The first kappa shape index (κ1) is 14.1. The van der Waals surface area contributed by atoms with Gasteiger partial charge in [-0.2, -0.15) is 0 Å². The zero-order valence-electron chi connectivity index (χ0n) is 9.02. The minimum Gasteiger partial charge on any atom is -0.344 e. The van der Waals surface area contributed by atoms with E-state index in [1.54, 1.807) is 18.2 Å². The summed E-state index contributed by atoms with van der Waals surface area (Å²) in [6.07, 6.45) is 6.62. The second kappa shape index (κ2) is 5.85. The van der Waals surface area contributed by atoms with E-state index in [9.17, 15) is 0 Å². The number of hydrogen-bond donors (Lipinski definition) is 3. The summed E-state index contributed by atoms with van der Waals surface area (Å²) in [6.45, 7) is 10.9. The molecule has 0 saturated carbocycles. The first-order valence-corrected chi connectivity index (χ1v) is 4.89. The van der Waals surface area contributed by atoms with Crippen LogP contribution in [0.3, 0.4) is 0 Å². The van der Waals surface area contributed by atoms with Crippen molar-refractivity contribution in [2.24, 2.45) is 5.41 Å². The van der Waals surface area contributed by atoms with E-state index in [0.717, 1.165) is 0 Å². The second-order valence-electron chi connectivity index (χ2n) is 3.93. The Hall–Kier alpha value is -0.900. The van der Waals surface area contributed by atoms with Gasteiger partial charge in [0, 0.05) is 6.42 Å². The largest absolute Gasteiger partial charge is 0.344 e. The number of rotatable bonds is 8. The Morgan fingerprint density at radius 1 is 0.800 bits per heavy atom. The van der Waals surface area contributed by atoms with Gasteiger partial charge in [0.15, 0.2) is 0 Å². The van der Waals surface area contributed by atoms with Crippen LogP contribution in [-0.2, 0) is 0 Å². The van der Waals surface area contributed by atoms with Crippen molar-refractivity contribution in [2.75, 3.05) is 0 Å². The van der Waals surface area contributed by atoms with Crippen molar-refractivity contribution in [3.8, 4) is 0 Å². The lowest BCUT2D eigenvalue weighted by Gasteiger charge is -2.34. The molecule has 3 N–H and O–H groups in total. The van der Waals surface area contributed by atoms with E-state index in [0.29, 0.717) is 19.3 Å². The number of aliphatic hydroxyl groups is 3. The van der Waals surface area contributed by atoms with Crippen LogP contribution < -0.4 is 0 Å². The number of allylic oxidation sites excluding steroid dienone is 3. The Bertz CT molecular complexity index is 199. The second-order valence-corrected chi connectivity index (χ2v) is 3.93. The normalized spacial score (nSPS) is 12.2. The van der Waals surface area contributed by atoms with Crippen molar-refractivity contribution >= 4 is 0 Å². The molecule has 0 bridgehead atoms. The van der Waals surface area contributed by atoms with Gasteiger partial charge in [-0.3, -0.25) is 0 Å². The van der Waals surface area contributed by atoms with E-state index in [-0.39, 0.29) is 6.42 Å². The van der Waals surface area contributed by atoms with E-state index < -0.39 is 11.4 Å². The molecule has 3 heteroatoms. The molecular weight excluding hydrogens is 192 g/mol. The van der Waals surface area contributed by atoms with Crippen molar-refractivity contribution in [1.29, 1.82) is 0 Å². The Kier molecular flexibility index (Phi) is 5.50. The fourth-order valence-electron chi connectivity index (χ4n) is 1.89. The maximum absolute atomic E-state index is 9.04. The van der Waals surface area contributed by atoms with Crippen LogP contribution in [0.4, 0.5) is 0 Å². The van der Waals surface area contributed by atoms with Crippen molar-refractivity contribution in [2.45, 2.75) is 31.7 Å². The standard InChI is InChI=1S/C12H20O3/c1-4-7-11(8-5-2,9-6-3)10-12(13,14)15/h4-6,13-15H,1-3,7-10H2. The molecular formula is C12H20O3. The molecule has 0 atom stereocenters. The molecule has 0 aromatic carbocycles. The van der Waals surface area contributed by atoms with E-state index >= 15 is 0 Å². The Balaban J connectivity index is 4.82. The van der Waals surface area contributed by atoms with Crippen LogP contribution >= 0.6 is 0 Å². The van der Waals surface area contributed by atoms with E-state index in [2.05, 4.69) is 19.7 Å². The van der Waals surface area contributed by atoms with Gasteiger partial charge >= 0.3 is 0 Å². The molecule has 0 fully saturated rings. The van der Waals surface area contributed by atoms with Crippen LogP contribution in [0.25, 0.3) is 0 Å². The first-order valence-electron chi connectivity index (χ1n) is 4.89. The highest BCUT2D eigenvalue weighted by molar-refractivity contribution is 4.96. The molecule has 3 nitrogen and oxygen atoms in total. The molecule has 0 aromatic rings. The highest BCUT2D eigenvalue weighted by Gasteiger charge is 2.35. The van der Waals surface area contributed by atoms with Gasteiger partial charge in [0.25, 0.3) is 5.97 Å². The average molecular weight is 212 g/mol. The van der Waals surface area contributed by atoms with Crippen LogP contribution in [-0.4, -0.2) is 21.3 Å². The van der Waals surface area contributed by atoms with Crippen molar-refractivity contribution in [1.82, 2.24) is 0 Å². The first-order chi connectivity index (χ1) is 6.89. The molecule has 0 saturated heterocycles. The summed E-state index contributed by atoms with van der Waals surface area (Å²) in [6, 6.07) is 0. The summed E-state index contributed by atoms with van der Waals surface area (Å²) in [5, 5.41) is 27.1. The molecule has 86 valence electrons. The van der Waals surface area contributed by atoms with Crippen LogP contribution in [0, 0.1) is 5.41 Å². The van der Waals surface area contributed by atoms with Crippen molar-refractivity contribution in [3.63, 3.8) is 0 Å². The van der Waals surface area contributed by atoms with Gasteiger partial charge < -0.3 is 15.3 Å². The molecule has 0 radical (unpaired) electrons. The minimum atomic E-state index is -2.66. The molecule has 0 rings (SSSR count). The van der Waals surface area contributed by atoms with Gasteiger partial charge in [0.05, 0.1) is 0 Å². The third-order valence-electron chi connectivity index (χ3n) is 2.34. The summed E-state index contributed by atoms with van der Waals surface area (Å²) >= 11 is 0. The Morgan fingerprint density at radius 2 is 1.13 bits per heavy atom. The summed E-state index contributed by atoms with van der Waals surface area (Å²) < 4.78 is 0. The van der Waals surface area contributed by atoms with Gasteiger partial charge in [0.2, 0.25) is 0 Å². The summed E-state index contributed by atoms with van der Waals surface area (Å²) in [7, 11) is 0. The zero-order valence-corrected chi connectivity index (χ0v) is 9.02. The van der Waals surface area contributed by atoms with E-state index in [1.807, 2.05) is 0 Å².